The number of nitrogens with one attached hydrogen (secondary N) is 1. The van der Waals surface area contributed by atoms with Gasteiger partial charge in [-0.3, -0.25) is 9.59 Å². The largest absolute Gasteiger partial charge is 0.481 e. The van der Waals surface area contributed by atoms with Gasteiger partial charge in [-0.1, -0.05) is 23.1 Å². The average molecular weight is 272 g/mol. The lowest BCUT2D eigenvalue weighted by molar-refractivity contribution is -0.133. The van der Waals surface area contributed by atoms with Crippen molar-refractivity contribution in [1.29, 1.82) is 0 Å². The minimum absolute atomic E-state index is 0.0706. The van der Waals surface area contributed by atoms with Gasteiger partial charge in [-0.05, 0) is 0 Å². The summed E-state index contributed by atoms with van der Waals surface area (Å²) in [7, 11) is 0. The Kier molecular flexibility index (Phi) is 3.59. The van der Waals surface area contributed by atoms with Gasteiger partial charge in [-0.15, -0.1) is 10.2 Å². The molecule has 2 rings (SSSR count). The Labute approximate surface area is 104 Å². The zero-order valence-corrected chi connectivity index (χ0v) is 10.1. The average Bonchev–Trinajstić information content (AvgIpc) is 2.86. The molecule has 0 spiro atoms. The molecule has 2 heterocycles. The summed E-state index contributed by atoms with van der Waals surface area (Å²) in [6.45, 7) is 0.424. The van der Waals surface area contributed by atoms with E-state index in [1.165, 1.54) is 6.33 Å². The second-order valence-corrected chi connectivity index (χ2v) is 4.88. The third-order valence-corrected chi connectivity index (χ3v) is 3.50. The molecule has 0 radical (unpaired) electrons. The Morgan fingerprint density at radius 1 is 1.65 bits per heavy atom. The van der Waals surface area contributed by atoms with Gasteiger partial charge in [0.2, 0.25) is 0 Å². The summed E-state index contributed by atoms with van der Waals surface area (Å²) >= 11 is 2.17. The minimum atomic E-state index is -0.909. The van der Waals surface area contributed by atoms with Crippen LogP contribution in [-0.2, 0) is 11.3 Å². The van der Waals surface area contributed by atoms with Crippen LogP contribution in [0.4, 0.5) is 0 Å². The smallest absolute Gasteiger partial charge is 0.313 e. The van der Waals surface area contributed by atoms with Gasteiger partial charge in [-0.2, -0.15) is 0 Å². The number of aromatic amines is 1. The molecule has 0 aliphatic rings. The number of carbonyl (C=O) groups is 1. The van der Waals surface area contributed by atoms with E-state index < -0.39 is 5.97 Å². The molecule has 90 valence electrons. The highest BCUT2D eigenvalue weighted by Gasteiger charge is 2.08. The number of hydrogen-bond donors (Lipinski definition) is 2. The lowest BCUT2D eigenvalue weighted by Gasteiger charge is -2.02. The third kappa shape index (κ3) is 3.17. The van der Waals surface area contributed by atoms with Gasteiger partial charge in [0.25, 0.3) is 0 Å². The van der Waals surface area contributed by atoms with Crippen LogP contribution in [0.15, 0.2) is 21.7 Å². The van der Waals surface area contributed by atoms with Gasteiger partial charge in [0.05, 0.1) is 12.3 Å². The fourth-order valence-corrected chi connectivity index (χ4v) is 2.37. The topological polar surface area (TPSA) is 101 Å². The van der Waals surface area contributed by atoms with E-state index in [0.717, 1.165) is 28.8 Å². The fourth-order valence-electron chi connectivity index (χ4n) is 1.17. The number of nitrogens with zero attached hydrogens (tertiary/aromatic N) is 3. The van der Waals surface area contributed by atoms with Crippen molar-refractivity contribution in [2.75, 3.05) is 5.75 Å². The Hall–Kier alpha value is -1.61. The lowest BCUT2D eigenvalue weighted by Crippen LogP contribution is -2.05. The van der Waals surface area contributed by atoms with Crippen LogP contribution in [0.3, 0.4) is 0 Å². The van der Waals surface area contributed by atoms with Crippen LogP contribution in [0.5, 0.6) is 0 Å². The van der Waals surface area contributed by atoms with Crippen LogP contribution >= 0.6 is 23.1 Å². The molecule has 0 saturated heterocycles. The normalized spacial score (nSPS) is 10.6. The number of thiazole rings is 1. The van der Waals surface area contributed by atoms with Gasteiger partial charge in [0.15, 0.2) is 5.16 Å². The monoisotopic (exact) mass is 272 g/mol. The first-order chi connectivity index (χ1) is 8.15. The first kappa shape index (κ1) is 11.9. The molecule has 2 aromatic rings. The van der Waals surface area contributed by atoms with Crippen LogP contribution < -0.4 is 4.87 Å². The van der Waals surface area contributed by atoms with Gasteiger partial charge < -0.3 is 14.7 Å². The van der Waals surface area contributed by atoms with E-state index in [0.29, 0.717) is 11.7 Å². The van der Waals surface area contributed by atoms with Crippen molar-refractivity contribution in [2.24, 2.45) is 0 Å². The number of hydrogen-bond acceptors (Lipinski definition) is 6. The predicted octanol–water partition coefficient (Wildman–Crippen LogP) is 0.253. The van der Waals surface area contributed by atoms with E-state index >= 15 is 0 Å². The van der Waals surface area contributed by atoms with Crippen molar-refractivity contribution in [3.63, 3.8) is 0 Å². The fraction of sp³-hybridized carbons (Fsp3) is 0.250. The molecule has 0 aromatic carbocycles. The first-order valence-corrected chi connectivity index (χ1v) is 6.41. The highest BCUT2D eigenvalue weighted by Crippen LogP contribution is 2.15. The van der Waals surface area contributed by atoms with E-state index in [1.54, 1.807) is 9.95 Å². The molecule has 7 nitrogen and oxygen atoms in total. The van der Waals surface area contributed by atoms with Gasteiger partial charge >= 0.3 is 10.8 Å². The second-order valence-electron chi connectivity index (χ2n) is 3.10. The highest BCUT2D eigenvalue weighted by molar-refractivity contribution is 7.99. The maximum Gasteiger partial charge on any atom is 0.313 e. The Bertz CT molecular complexity index is 573. The molecule has 9 heteroatoms. The quantitative estimate of drug-likeness (QED) is 0.757. The van der Waals surface area contributed by atoms with Gasteiger partial charge in [0.1, 0.15) is 6.33 Å². The maximum atomic E-state index is 11.0. The van der Waals surface area contributed by atoms with Crippen molar-refractivity contribution < 1.29 is 9.90 Å². The summed E-state index contributed by atoms with van der Waals surface area (Å²) in [5.74, 6) is -0.979. The van der Waals surface area contributed by atoms with E-state index in [2.05, 4.69) is 15.2 Å². The number of carboxylic acid groups (broad SMARTS) is 1. The molecule has 0 atom stereocenters. The maximum absolute atomic E-state index is 11.0. The number of carboxylic acids is 1. The first-order valence-electron chi connectivity index (χ1n) is 4.54. The standard InChI is InChI=1S/C8H8N4O3S2/c13-6(14)3-16-7-11-9-4-12(7)1-5-2-17-8(15)10-5/h2,4H,1,3H2,(H,10,15)(H,13,14). The molecule has 0 bridgehead atoms. The Balaban J connectivity index is 2.08. The molecule has 0 saturated carbocycles. The molecule has 17 heavy (non-hydrogen) atoms. The van der Waals surface area contributed by atoms with Gasteiger partial charge in [0, 0.05) is 11.1 Å². The van der Waals surface area contributed by atoms with E-state index in [1.807, 2.05) is 0 Å². The third-order valence-electron chi connectivity index (χ3n) is 1.82. The molecule has 0 aliphatic heterocycles. The number of aliphatic carboxylic acids is 1. The summed E-state index contributed by atoms with van der Waals surface area (Å²) in [4.78, 5) is 24.0. The van der Waals surface area contributed by atoms with E-state index in [9.17, 15) is 9.59 Å². The molecule has 2 N–H and O–H groups in total. The molecule has 0 fully saturated rings. The number of thioether (sulfide) groups is 1. The Morgan fingerprint density at radius 2 is 2.47 bits per heavy atom. The number of rotatable bonds is 5. The summed E-state index contributed by atoms with van der Waals surface area (Å²) in [5.41, 5.74) is 0.747. The van der Waals surface area contributed by atoms with Crippen molar-refractivity contribution in [1.82, 2.24) is 19.7 Å². The SMILES string of the molecule is O=C(O)CSc1nncn1Cc1csc(=O)[nH]1. The predicted molar refractivity (Wildman–Crippen MR) is 62.4 cm³/mol. The molecule has 2 aromatic heterocycles. The van der Waals surface area contributed by atoms with Crippen LogP contribution in [0.1, 0.15) is 5.69 Å². The molecule has 0 unspecified atom stereocenters. The molecule has 0 amide bonds. The Morgan fingerprint density at radius 3 is 3.12 bits per heavy atom. The lowest BCUT2D eigenvalue weighted by atomic mass is 10.5. The molecular weight excluding hydrogens is 264 g/mol. The zero-order valence-electron chi connectivity index (χ0n) is 8.49. The van der Waals surface area contributed by atoms with Crippen LogP contribution in [0.25, 0.3) is 0 Å². The second kappa shape index (κ2) is 5.15. The van der Waals surface area contributed by atoms with E-state index in [4.69, 9.17) is 5.11 Å². The van der Waals surface area contributed by atoms with Crippen molar-refractivity contribution in [3.05, 3.63) is 27.1 Å². The number of aromatic nitrogens is 4. The van der Waals surface area contributed by atoms with Crippen molar-refractivity contribution >= 4 is 29.1 Å². The zero-order chi connectivity index (χ0) is 12.3. The van der Waals surface area contributed by atoms with Crippen LogP contribution in [0, 0.1) is 0 Å². The summed E-state index contributed by atoms with van der Waals surface area (Å²) in [6.07, 6.45) is 1.50. The molecular formula is C8H8N4O3S2. The number of H-pyrrole nitrogens is 1. The summed E-state index contributed by atoms with van der Waals surface area (Å²) < 4.78 is 1.69. The van der Waals surface area contributed by atoms with E-state index in [-0.39, 0.29) is 10.6 Å². The van der Waals surface area contributed by atoms with Crippen LogP contribution in [0.2, 0.25) is 0 Å². The van der Waals surface area contributed by atoms with Crippen LogP contribution in [-0.4, -0.2) is 36.6 Å². The highest BCUT2D eigenvalue weighted by atomic mass is 32.2. The minimum Gasteiger partial charge on any atom is -0.481 e. The van der Waals surface area contributed by atoms with Crippen molar-refractivity contribution in [2.45, 2.75) is 11.7 Å². The van der Waals surface area contributed by atoms with Gasteiger partial charge in [-0.25, -0.2) is 0 Å². The summed E-state index contributed by atoms with van der Waals surface area (Å²) in [5, 5.41) is 18.3. The summed E-state index contributed by atoms with van der Waals surface area (Å²) in [6, 6.07) is 0. The molecule has 0 aliphatic carbocycles. The van der Waals surface area contributed by atoms with Crippen molar-refractivity contribution in [3.8, 4) is 0 Å².